The maximum atomic E-state index is 15.4. The number of H-pyrrole nitrogens is 1. The third kappa shape index (κ3) is 5.71. The van der Waals surface area contributed by atoms with Crippen molar-refractivity contribution >= 4 is 22.8 Å². The molecule has 35 heavy (non-hydrogen) atoms. The van der Waals surface area contributed by atoms with E-state index in [-0.39, 0.29) is 35.7 Å². The fourth-order valence-corrected chi connectivity index (χ4v) is 4.87. The molecule has 0 radical (unpaired) electrons. The minimum absolute atomic E-state index is 0.0525. The normalized spacial score (nSPS) is 16.0. The average molecular weight is 484 g/mol. The van der Waals surface area contributed by atoms with E-state index in [1.807, 2.05) is 0 Å². The lowest BCUT2D eigenvalue weighted by Crippen LogP contribution is -2.35. The van der Waals surface area contributed by atoms with Crippen molar-refractivity contribution in [1.29, 1.82) is 0 Å². The Labute approximate surface area is 204 Å². The number of nitrogens with one attached hydrogen (secondary N) is 2. The second-order valence-electron chi connectivity index (χ2n) is 9.72. The summed E-state index contributed by atoms with van der Waals surface area (Å²) in [4.78, 5) is 34.5. The Balaban J connectivity index is 1.64. The van der Waals surface area contributed by atoms with E-state index in [1.165, 1.54) is 30.4 Å². The molecule has 1 unspecified atom stereocenters. The molecule has 1 aliphatic rings. The number of carbonyl (C=O) groups is 2. The van der Waals surface area contributed by atoms with Crippen LogP contribution in [0, 0.1) is 18.7 Å². The van der Waals surface area contributed by atoms with Gasteiger partial charge in [0.15, 0.2) is 5.82 Å². The Morgan fingerprint density at radius 2 is 1.91 bits per heavy atom. The molecule has 9 heteroatoms. The van der Waals surface area contributed by atoms with Gasteiger partial charge in [0.1, 0.15) is 23.2 Å². The monoisotopic (exact) mass is 483 g/mol. The van der Waals surface area contributed by atoms with E-state index in [1.54, 1.807) is 33.2 Å². The lowest BCUT2D eigenvalue weighted by Gasteiger charge is -2.28. The van der Waals surface area contributed by atoms with E-state index in [0.717, 1.165) is 25.7 Å². The SMILES string of the molecule is Cc1nocc1C(=O)NC(c1nc2c(F)c(CCC(=O)N(C)C)ccc2[nH]1)C1CCCCCCC1. The van der Waals surface area contributed by atoms with Crippen LogP contribution in [-0.2, 0) is 11.2 Å². The van der Waals surface area contributed by atoms with Gasteiger partial charge in [-0.05, 0) is 43.7 Å². The number of fused-ring (bicyclic) bond motifs is 1. The Morgan fingerprint density at radius 3 is 2.57 bits per heavy atom. The predicted octanol–water partition coefficient (Wildman–Crippen LogP) is 4.85. The molecule has 0 saturated heterocycles. The maximum absolute atomic E-state index is 15.4. The standard InChI is InChI=1S/C26H34FN5O3/c1-16-19(15-35-31-16)26(34)30-23(18-9-7-5-4-6-8-10-18)25-28-20-13-11-17(22(27)24(20)29-25)12-14-21(33)32(2)3/h11,13,15,18,23H,4-10,12,14H2,1-3H3,(H,28,29)(H,30,34). The molecule has 2 heterocycles. The number of hydrogen-bond donors (Lipinski definition) is 2. The number of aromatic amines is 1. The summed E-state index contributed by atoms with van der Waals surface area (Å²) < 4.78 is 20.3. The van der Waals surface area contributed by atoms with Crippen molar-refractivity contribution in [3.63, 3.8) is 0 Å². The lowest BCUT2D eigenvalue weighted by atomic mass is 9.85. The van der Waals surface area contributed by atoms with Gasteiger partial charge < -0.3 is 19.7 Å². The number of amides is 2. The summed E-state index contributed by atoms with van der Waals surface area (Å²) in [7, 11) is 3.37. The Kier molecular flexibility index (Phi) is 7.83. The van der Waals surface area contributed by atoms with Crippen molar-refractivity contribution in [1.82, 2.24) is 25.3 Å². The summed E-state index contributed by atoms with van der Waals surface area (Å²) in [6.45, 7) is 1.72. The summed E-state index contributed by atoms with van der Waals surface area (Å²) in [5.74, 6) is -0.0224. The van der Waals surface area contributed by atoms with E-state index in [9.17, 15) is 9.59 Å². The number of carbonyl (C=O) groups excluding carboxylic acids is 2. The van der Waals surface area contributed by atoms with Crippen LogP contribution in [-0.4, -0.2) is 45.9 Å². The zero-order valence-corrected chi connectivity index (χ0v) is 20.7. The van der Waals surface area contributed by atoms with Crippen molar-refractivity contribution in [3.05, 3.63) is 46.9 Å². The predicted molar refractivity (Wildman–Crippen MR) is 130 cm³/mol. The van der Waals surface area contributed by atoms with Crippen molar-refractivity contribution < 1.29 is 18.5 Å². The van der Waals surface area contributed by atoms with E-state index in [2.05, 4.69) is 20.4 Å². The molecule has 0 bridgehead atoms. The molecule has 4 rings (SSSR count). The minimum atomic E-state index is -0.422. The molecule has 8 nitrogen and oxygen atoms in total. The van der Waals surface area contributed by atoms with Crippen molar-refractivity contribution in [3.8, 4) is 0 Å². The highest BCUT2D eigenvalue weighted by atomic mass is 19.1. The van der Waals surface area contributed by atoms with E-state index in [0.29, 0.717) is 34.6 Å². The largest absolute Gasteiger partial charge is 0.364 e. The molecule has 2 N–H and O–H groups in total. The molecule has 1 aromatic carbocycles. The molecule has 3 aromatic rings. The third-order valence-corrected chi connectivity index (χ3v) is 7.00. The van der Waals surface area contributed by atoms with Crippen LogP contribution in [0.4, 0.5) is 4.39 Å². The molecule has 0 aliphatic heterocycles. The fourth-order valence-electron chi connectivity index (χ4n) is 4.87. The minimum Gasteiger partial charge on any atom is -0.364 e. The Morgan fingerprint density at radius 1 is 1.20 bits per heavy atom. The first-order chi connectivity index (χ1) is 16.8. The van der Waals surface area contributed by atoms with Crippen LogP contribution in [0.15, 0.2) is 22.9 Å². The van der Waals surface area contributed by atoms with Gasteiger partial charge in [-0.2, -0.15) is 0 Å². The third-order valence-electron chi connectivity index (χ3n) is 7.00. The van der Waals surface area contributed by atoms with Crippen molar-refractivity contribution in [2.24, 2.45) is 5.92 Å². The number of aryl methyl sites for hydroxylation is 2. The lowest BCUT2D eigenvalue weighted by molar-refractivity contribution is -0.128. The number of halogens is 1. The van der Waals surface area contributed by atoms with Crippen molar-refractivity contribution in [2.45, 2.75) is 70.8 Å². The molecular weight excluding hydrogens is 449 g/mol. The quantitative estimate of drug-likeness (QED) is 0.500. The van der Waals surface area contributed by atoms with Crippen LogP contribution in [0.3, 0.4) is 0 Å². The van der Waals surface area contributed by atoms with Gasteiger partial charge in [0, 0.05) is 20.5 Å². The first-order valence-corrected chi connectivity index (χ1v) is 12.4. The Hall–Kier alpha value is -3.23. The molecule has 2 amide bonds. The second kappa shape index (κ2) is 11.0. The molecular formula is C26H34FN5O3. The second-order valence-corrected chi connectivity index (χ2v) is 9.72. The van der Waals surface area contributed by atoms with Crippen LogP contribution in [0.5, 0.6) is 0 Å². The highest BCUT2D eigenvalue weighted by Crippen LogP contribution is 2.34. The van der Waals surface area contributed by atoms with Crippen LogP contribution in [0.25, 0.3) is 11.0 Å². The number of aromatic nitrogens is 3. The average Bonchev–Trinajstić information content (AvgIpc) is 3.43. The van der Waals surface area contributed by atoms with Crippen LogP contribution >= 0.6 is 0 Å². The molecule has 1 saturated carbocycles. The van der Waals surface area contributed by atoms with Crippen LogP contribution < -0.4 is 5.32 Å². The van der Waals surface area contributed by atoms with Gasteiger partial charge >= 0.3 is 0 Å². The summed E-state index contributed by atoms with van der Waals surface area (Å²) in [5, 5.41) is 6.96. The number of nitrogens with zero attached hydrogens (tertiary/aromatic N) is 3. The molecule has 1 atom stereocenters. The summed E-state index contributed by atoms with van der Waals surface area (Å²) in [5.41, 5.74) is 2.17. The molecule has 2 aromatic heterocycles. The van der Waals surface area contributed by atoms with Gasteiger partial charge in [0.25, 0.3) is 5.91 Å². The zero-order valence-electron chi connectivity index (χ0n) is 20.7. The first-order valence-electron chi connectivity index (χ1n) is 12.4. The number of hydrogen-bond acceptors (Lipinski definition) is 5. The number of rotatable bonds is 7. The first kappa shape index (κ1) is 24.9. The van der Waals surface area contributed by atoms with Gasteiger partial charge in [-0.25, -0.2) is 9.37 Å². The Bertz CT molecular complexity index is 1180. The summed E-state index contributed by atoms with van der Waals surface area (Å²) >= 11 is 0. The number of imidazole rings is 1. The van der Waals surface area contributed by atoms with Gasteiger partial charge in [-0.3, -0.25) is 9.59 Å². The van der Waals surface area contributed by atoms with Crippen LogP contribution in [0.1, 0.15) is 84.8 Å². The van der Waals surface area contributed by atoms with E-state index in [4.69, 9.17) is 4.52 Å². The highest BCUT2D eigenvalue weighted by Gasteiger charge is 2.30. The van der Waals surface area contributed by atoms with E-state index >= 15 is 4.39 Å². The van der Waals surface area contributed by atoms with Gasteiger partial charge in [0.05, 0.1) is 17.3 Å². The van der Waals surface area contributed by atoms with Crippen LogP contribution in [0.2, 0.25) is 0 Å². The molecule has 0 spiro atoms. The maximum Gasteiger partial charge on any atom is 0.257 e. The van der Waals surface area contributed by atoms with Gasteiger partial charge in [-0.15, -0.1) is 0 Å². The van der Waals surface area contributed by atoms with Gasteiger partial charge in [-0.1, -0.05) is 43.3 Å². The summed E-state index contributed by atoms with van der Waals surface area (Å²) in [6.07, 6.45) is 9.55. The fraction of sp³-hybridized carbons (Fsp3) is 0.538. The molecule has 1 aliphatic carbocycles. The zero-order chi connectivity index (χ0) is 24.9. The smallest absolute Gasteiger partial charge is 0.257 e. The van der Waals surface area contributed by atoms with Gasteiger partial charge in [0.2, 0.25) is 5.91 Å². The number of benzene rings is 1. The molecule has 188 valence electrons. The van der Waals surface area contributed by atoms with Crippen molar-refractivity contribution in [2.75, 3.05) is 14.1 Å². The topological polar surface area (TPSA) is 104 Å². The summed E-state index contributed by atoms with van der Waals surface area (Å²) in [6, 6.07) is 3.11. The molecule has 1 fully saturated rings. The van der Waals surface area contributed by atoms with E-state index < -0.39 is 5.82 Å². The highest BCUT2D eigenvalue weighted by molar-refractivity contribution is 5.95.